The average Bonchev–Trinajstić information content (AvgIpc) is 2.36. The molecular weight excluding hydrogens is 286 g/mol. The van der Waals surface area contributed by atoms with Gasteiger partial charge in [-0.1, -0.05) is 18.2 Å². The molecular formula is C12H15NO6S. The number of carbonyl (C=O) groups is 2. The number of hydrogen-bond acceptors (Lipinski definition) is 5. The quantitative estimate of drug-likeness (QED) is 0.714. The SMILES string of the molecule is COC(=O)CS(=O)(=O)Nc1ccccc1CCC(=O)O. The number of para-hydroxylation sites is 1. The lowest BCUT2D eigenvalue weighted by Crippen LogP contribution is -2.24. The summed E-state index contributed by atoms with van der Waals surface area (Å²) in [4.78, 5) is 21.6. The summed E-state index contributed by atoms with van der Waals surface area (Å²) in [6.45, 7) is 0. The van der Waals surface area contributed by atoms with Gasteiger partial charge in [-0.2, -0.15) is 0 Å². The van der Waals surface area contributed by atoms with Crippen molar-refractivity contribution in [2.45, 2.75) is 12.8 Å². The van der Waals surface area contributed by atoms with Crippen molar-refractivity contribution in [3.05, 3.63) is 29.8 Å². The molecule has 0 bridgehead atoms. The second-order valence-electron chi connectivity index (χ2n) is 3.99. The van der Waals surface area contributed by atoms with E-state index < -0.39 is 27.7 Å². The molecule has 2 N–H and O–H groups in total. The van der Waals surface area contributed by atoms with Gasteiger partial charge in [-0.05, 0) is 18.1 Å². The van der Waals surface area contributed by atoms with E-state index in [2.05, 4.69) is 9.46 Å². The summed E-state index contributed by atoms with van der Waals surface area (Å²) in [5.74, 6) is -2.64. The van der Waals surface area contributed by atoms with Crippen molar-refractivity contribution in [3.8, 4) is 0 Å². The molecule has 0 saturated carbocycles. The highest BCUT2D eigenvalue weighted by atomic mass is 32.2. The highest BCUT2D eigenvalue weighted by Crippen LogP contribution is 2.18. The van der Waals surface area contributed by atoms with Crippen molar-refractivity contribution in [2.24, 2.45) is 0 Å². The highest BCUT2D eigenvalue weighted by molar-refractivity contribution is 7.93. The molecule has 0 aromatic heterocycles. The molecule has 0 aliphatic carbocycles. The Bertz CT molecular complexity index is 596. The summed E-state index contributed by atoms with van der Waals surface area (Å²) in [6, 6.07) is 6.42. The fourth-order valence-corrected chi connectivity index (χ4v) is 2.53. The van der Waals surface area contributed by atoms with E-state index >= 15 is 0 Å². The van der Waals surface area contributed by atoms with E-state index in [1.54, 1.807) is 18.2 Å². The third kappa shape index (κ3) is 5.27. The number of hydrogen-bond donors (Lipinski definition) is 2. The third-order valence-electron chi connectivity index (χ3n) is 2.43. The predicted molar refractivity (Wildman–Crippen MR) is 71.8 cm³/mol. The average molecular weight is 301 g/mol. The molecule has 1 aromatic carbocycles. The molecule has 1 rings (SSSR count). The fraction of sp³-hybridized carbons (Fsp3) is 0.333. The van der Waals surface area contributed by atoms with E-state index in [0.29, 0.717) is 5.56 Å². The lowest BCUT2D eigenvalue weighted by molar-refractivity contribution is -0.138. The van der Waals surface area contributed by atoms with Gasteiger partial charge in [-0.25, -0.2) is 8.42 Å². The number of carboxylic acid groups (broad SMARTS) is 1. The van der Waals surface area contributed by atoms with Crippen molar-refractivity contribution in [1.29, 1.82) is 0 Å². The van der Waals surface area contributed by atoms with E-state index in [4.69, 9.17) is 5.11 Å². The topological polar surface area (TPSA) is 110 Å². The first kappa shape index (κ1) is 16.0. The van der Waals surface area contributed by atoms with E-state index in [1.165, 1.54) is 6.07 Å². The van der Waals surface area contributed by atoms with Crippen LogP contribution in [0.25, 0.3) is 0 Å². The van der Waals surface area contributed by atoms with Gasteiger partial charge in [0.05, 0.1) is 12.8 Å². The van der Waals surface area contributed by atoms with Crippen LogP contribution in [-0.2, 0) is 30.8 Å². The van der Waals surface area contributed by atoms with Crippen LogP contribution in [0, 0.1) is 0 Å². The minimum absolute atomic E-state index is 0.115. The standard InChI is InChI=1S/C12H15NO6S/c1-19-12(16)8-20(17,18)13-10-5-3-2-4-9(10)6-7-11(14)15/h2-5,13H,6-8H2,1H3,(H,14,15). The fourth-order valence-electron chi connectivity index (χ4n) is 1.50. The molecule has 20 heavy (non-hydrogen) atoms. The Kier molecular flexibility index (Phi) is 5.51. The zero-order valence-corrected chi connectivity index (χ0v) is 11.6. The van der Waals surface area contributed by atoms with Gasteiger partial charge >= 0.3 is 11.9 Å². The van der Waals surface area contributed by atoms with Gasteiger partial charge in [0.1, 0.15) is 0 Å². The lowest BCUT2D eigenvalue weighted by atomic mass is 10.1. The number of sulfonamides is 1. The van der Waals surface area contributed by atoms with E-state index in [1.807, 2.05) is 0 Å². The van der Waals surface area contributed by atoms with Crippen LogP contribution in [0.1, 0.15) is 12.0 Å². The molecule has 0 spiro atoms. The Hall–Kier alpha value is -2.09. The summed E-state index contributed by atoms with van der Waals surface area (Å²) in [6.07, 6.45) is 0.0714. The number of nitrogens with one attached hydrogen (secondary N) is 1. The number of esters is 1. The molecule has 0 atom stereocenters. The number of aliphatic carboxylic acids is 1. The summed E-state index contributed by atoms with van der Waals surface area (Å²) in [5, 5.41) is 8.65. The molecule has 0 heterocycles. The summed E-state index contributed by atoms with van der Waals surface area (Å²) in [7, 11) is -2.78. The Balaban J connectivity index is 2.86. The molecule has 7 nitrogen and oxygen atoms in total. The number of carboxylic acids is 1. The molecule has 0 aliphatic rings. The zero-order valence-electron chi connectivity index (χ0n) is 10.8. The van der Waals surface area contributed by atoms with Crippen LogP contribution in [0.4, 0.5) is 5.69 Å². The van der Waals surface area contributed by atoms with Crippen LogP contribution in [0.2, 0.25) is 0 Å². The van der Waals surface area contributed by atoms with E-state index in [0.717, 1.165) is 7.11 Å². The molecule has 8 heteroatoms. The number of carbonyl (C=O) groups excluding carboxylic acids is 1. The molecule has 0 aliphatic heterocycles. The van der Waals surface area contributed by atoms with Gasteiger partial charge in [0, 0.05) is 6.42 Å². The first-order chi connectivity index (χ1) is 9.34. The van der Waals surface area contributed by atoms with Crippen molar-refractivity contribution >= 4 is 27.6 Å². The second kappa shape index (κ2) is 6.90. The Morgan fingerprint density at radius 1 is 1.30 bits per heavy atom. The summed E-state index contributed by atoms with van der Waals surface area (Å²) >= 11 is 0. The van der Waals surface area contributed by atoms with Gasteiger partial charge in [0.15, 0.2) is 5.75 Å². The number of ether oxygens (including phenoxy) is 1. The van der Waals surface area contributed by atoms with Crippen molar-refractivity contribution in [2.75, 3.05) is 17.6 Å². The number of methoxy groups -OCH3 is 1. The second-order valence-corrected chi connectivity index (χ2v) is 5.71. The molecule has 0 radical (unpaired) electrons. The molecule has 1 aromatic rings. The van der Waals surface area contributed by atoms with Crippen molar-refractivity contribution in [3.63, 3.8) is 0 Å². The van der Waals surface area contributed by atoms with Gasteiger partial charge in [-0.15, -0.1) is 0 Å². The van der Waals surface area contributed by atoms with Gasteiger partial charge in [-0.3, -0.25) is 14.3 Å². The Morgan fingerprint density at radius 3 is 2.55 bits per heavy atom. The first-order valence-corrected chi connectivity index (χ1v) is 7.36. The van der Waals surface area contributed by atoms with Crippen molar-refractivity contribution in [1.82, 2.24) is 0 Å². The molecule has 0 saturated heterocycles. The van der Waals surface area contributed by atoms with Gasteiger partial charge in [0.2, 0.25) is 10.0 Å². The van der Waals surface area contributed by atoms with E-state index in [-0.39, 0.29) is 18.5 Å². The molecule has 110 valence electrons. The maximum absolute atomic E-state index is 11.7. The van der Waals surface area contributed by atoms with E-state index in [9.17, 15) is 18.0 Å². The first-order valence-electron chi connectivity index (χ1n) is 5.71. The maximum atomic E-state index is 11.7. The molecule has 0 amide bonds. The van der Waals surface area contributed by atoms with Crippen LogP contribution in [0.15, 0.2) is 24.3 Å². The number of anilines is 1. The number of aryl methyl sites for hydroxylation is 1. The number of benzene rings is 1. The smallest absolute Gasteiger partial charge is 0.322 e. The molecule has 0 fully saturated rings. The normalized spacial score (nSPS) is 10.8. The van der Waals surface area contributed by atoms with Crippen LogP contribution >= 0.6 is 0 Å². The molecule has 0 unspecified atom stereocenters. The minimum Gasteiger partial charge on any atom is -0.481 e. The Morgan fingerprint density at radius 2 is 1.95 bits per heavy atom. The number of rotatable bonds is 7. The van der Waals surface area contributed by atoms with Crippen LogP contribution < -0.4 is 4.72 Å². The lowest BCUT2D eigenvalue weighted by Gasteiger charge is -2.11. The predicted octanol–water partition coefficient (Wildman–Crippen LogP) is 0.618. The minimum atomic E-state index is -3.88. The van der Waals surface area contributed by atoms with Crippen LogP contribution in [-0.4, -0.2) is 38.3 Å². The van der Waals surface area contributed by atoms with Crippen LogP contribution in [0.3, 0.4) is 0 Å². The highest BCUT2D eigenvalue weighted by Gasteiger charge is 2.18. The van der Waals surface area contributed by atoms with Gasteiger partial charge in [0.25, 0.3) is 0 Å². The largest absolute Gasteiger partial charge is 0.481 e. The van der Waals surface area contributed by atoms with Gasteiger partial charge < -0.3 is 9.84 Å². The Labute approximate surface area is 116 Å². The monoisotopic (exact) mass is 301 g/mol. The zero-order chi connectivity index (χ0) is 15.2. The summed E-state index contributed by atoms with van der Waals surface area (Å²) < 4.78 is 30.0. The van der Waals surface area contributed by atoms with Crippen molar-refractivity contribution < 1.29 is 27.9 Å². The summed E-state index contributed by atoms with van der Waals surface area (Å²) in [5.41, 5.74) is 0.806. The third-order valence-corrected chi connectivity index (χ3v) is 3.57. The maximum Gasteiger partial charge on any atom is 0.322 e. The van der Waals surface area contributed by atoms with Crippen LogP contribution in [0.5, 0.6) is 0 Å².